The van der Waals surface area contributed by atoms with E-state index in [0.717, 1.165) is 81.2 Å². The van der Waals surface area contributed by atoms with Crippen LogP contribution in [0.3, 0.4) is 0 Å². The molecular weight excluding hydrogens is 909 g/mol. The van der Waals surface area contributed by atoms with Crippen molar-refractivity contribution in [1.82, 2.24) is 65.1 Å². The van der Waals surface area contributed by atoms with E-state index in [9.17, 15) is 18.4 Å². The number of rotatable bonds is 14. The number of nitrogens with zero attached hydrogens (tertiary/aromatic N) is 11. The minimum atomic E-state index is -0.838. The minimum Gasteiger partial charge on any atom is -0.422 e. The van der Waals surface area contributed by atoms with Crippen LogP contribution in [0.5, 0.6) is 0 Å². The molecule has 67 heavy (non-hydrogen) atoms. The van der Waals surface area contributed by atoms with E-state index in [0.29, 0.717) is 39.8 Å². The van der Waals surface area contributed by atoms with E-state index < -0.39 is 17.7 Å². The second kappa shape index (κ2) is 20.7. The van der Waals surface area contributed by atoms with E-state index in [4.69, 9.17) is 13.9 Å². The predicted octanol–water partition coefficient (Wildman–Crippen LogP) is 8.39. The smallest absolute Gasteiger partial charge is 0.275 e. The first-order valence-corrected chi connectivity index (χ1v) is 23.5. The molecule has 2 fully saturated rings. The zero-order valence-electron chi connectivity index (χ0n) is 36.3. The van der Waals surface area contributed by atoms with Gasteiger partial charge in [-0.2, -0.15) is 24.8 Å². The zero-order valence-corrected chi connectivity index (χ0v) is 37.9. The fraction of sp³-hybridized carbons (Fsp3) is 0.372. The Hall–Kier alpha value is -6.89. The molecule has 4 N–H and O–H groups in total. The highest BCUT2D eigenvalue weighted by Crippen LogP contribution is 2.36. The van der Waals surface area contributed by atoms with Gasteiger partial charge in [0.1, 0.15) is 32.8 Å². The van der Waals surface area contributed by atoms with E-state index in [1.165, 1.54) is 29.1 Å². The lowest BCUT2D eigenvalue weighted by Gasteiger charge is -2.28. The lowest BCUT2D eigenvalue weighted by Crippen LogP contribution is -2.24. The molecule has 0 atom stereocenters. The molecule has 8 aromatic heterocycles. The number of anilines is 2. The highest BCUT2D eigenvalue weighted by atomic mass is 32.1. The summed E-state index contributed by atoms with van der Waals surface area (Å²) in [6.07, 6.45) is 19.2. The lowest BCUT2D eigenvalue weighted by molar-refractivity contribution is 0.0258. The monoisotopic (exact) mass is 953 g/mol. The summed E-state index contributed by atoms with van der Waals surface area (Å²) in [4.78, 5) is 38.4. The van der Waals surface area contributed by atoms with Gasteiger partial charge in [0.15, 0.2) is 11.5 Å². The first-order valence-electron chi connectivity index (χ1n) is 21.7. The molecule has 20 nitrogen and oxygen atoms in total. The van der Waals surface area contributed by atoms with Crippen molar-refractivity contribution in [2.75, 3.05) is 23.8 Å². The van der Waals surface area contributed by atoms with Gasteiger partial charge >= 0.3 is 0 Å². The topological polar surface area (TPSA) is 247 Å². The van der Waals surface area contributed by atoms with Gasteiger partial charge in [0.25, 0.3) is 17.7 Å². The molecule has 0 radical (unpaired) electrons. The normalized spacial score (nSPS) is 18.3. The number of aromatic amines is 2. The van der Waals surface area contributed by atoms with Gasteiger partial charge in [-0.1, -0.05) is 0 Å². The number of carbonyl (C=O) groups is 2. The average Bonchev–Trinajstić information content (AvgIpc) is 4.19. The van der Waals surface area contributed by atoms with Crippen LogP contribution in [0.4, 0.5) is 20.2 Å². The van der Waals surface area contributed by atoms with Gasteiger partial charge in [0, 0.05) is 59.9 Å². The summed E-state index contributed by atoms with van der Waals surface area (Å²) in [5.41, 5.74) is 3.07. The molecule has 2 amide bonds. The molecule has 2 saturated carbocycles. The third kappa shape index (κ3) is 10.6. The SMILES string of the molecule is CCOC1CCC(n2cc(NC(=O)c3csc(-c4cn[nH]c4)n3)c(-c3nc(F)ccc3F)n2)CC1.CCOC1CCC(n2cc(NC(=O)c3csc(-c4cn[nH]c4)n3)c(-c3nnco3)n2)CC1. The third-order valence-corrected chi connectivity index (χ3v) is 13.1. The highest BCUT2D eigenvalue weighted by molar-refractivity contribution is 7.13. The van der Waals surface area contributed by atoms with Crippen LogP contribution in [0.2, 0.25) is 0 Å². The number of thiazole rings is 2. The summed E-state index contributed by atoms with van der Waals surface area (Å²) in [6.45, 7) is 5.39. The number of amides is 2. The highest BCUT2D eigenvalue weighted by Gasteiger charge is 2.29. The first-order chi connectivity index (χ1) is 32.7. The van der Waals surface area contributed by atoms with Gasteiger partial charge in [0.05, 0.1) is 48.1 Å². The summed E-state index contributed by atoms with van der Waals surface area (Å²) in [6, 6.07) is 2.19. The molecule has 348 valence electrons. The summed E-state index contributed by atoms with van der Waals surface area (Å²) in [5.74, 6) is -2.15. The summed E-state index contributed by atoms with van der Waals surface area (Å²) in [5, 5.41) is 40.5. The first kappa shape index (κ1) is 45.3. The molecule has 10 rings (SSSR count). The standard InChI is InChI=1S/C23H23F2N7O2S.C20H22N8O3S/c1-2-34-15-5-3-14(4-6-15)32-11-17(21(31-32)20-16(24)7-8-19(25)30-20)28-22(33)18-12-35-23(29-18)13-9-26-27-10-13;1-2-30-14-5-3-13(4-6-14)28-9-15(17(27-28)19-26-23-11-31-19)24-18(29)16-10-32-20(25-16)12-7-21-22-8-12/h7-12,14-15H,2-6H2,1H3,(H,26,27)(H,28,33);7-11,13-14H,2-6H2,1H3,(H,21,22)(H,24,29). The Labute approximate surface area is 389 Å². The van der Waals surface area contributed by atoms with E-state index in [1.807, 2.05) is 24.7 Å². The van der Waals surface area contributed by atoms with Crippen LogP contribution in [0.1, 0.15) is 98.3 Å². The van der Waals surface area contributed by atoms with Crippen LogP contribution in [-0.4, -0.2) is 102 Å². The van der Waals surface area contributed by atoms with Gasteiger partial charge < -0.3 is 24.5 Å². The Balaban J connectivity index is 0.000000169. The van der Waals surface area contributed by atoms with Crippen LogP contribution in [-0.2, 0) is 9.47 Å². The van der Waals surface area contributed by atoms with Crippen molar-refractivity contribution < 1.29 is 32.3 Å². The summed E-state index contributed by atoms with van der Waals surface area (Å²) >= 11 is 2.67. The van der Waals surface area contributed by atoms with Gasteiger partial charge in [-0.3, -0.25) is 29.2 Å². The molecule has 0 aliphatic heterocycles. The molecular formula is C43H45F2N15O5S2. The van der Waals surface area contributed by atoms with Gasteiger partial charge in [-0.25, -0.2) is 19.3 Å². The molecule has 8 aromatic rings. The van der Waals surface area contributed by atoms with Gasteiger partial charge in [-0.05, 0) is 77.3 Å². The van der Waals surface area contributed by atoms with Crippen LogP contribution >= 0.6 is 22.7 Å². The summed E-state index contributed by atoms with van der Waals surface area (Å²) < 4.78 is 48.9. The van der Waals surface area contributed by atoms with Crippen LogP contribution in [0.25, 0.3) is 44.1 Å². The Morgan fingerprint density at radius 3 is 1.73 bits per heavy atom. The Morgan fingerprint density at radius 2 is 1.25 bits per heavy atom. The van der Waals surface area contributed by atoms with Crippen molar-refractivity contribution in [2.24, 2.45) is 0 Å². The fourth-order valence-corrected chi connectivity index (χ4v) is 9.65. The van der Waals surface area contributed by atoms with Crippen molar-refractivity contribution in [2.45, 2.75) is 89.5 Å². The predicted molar refractivity (Wildman–Crippen MR) is 242 cm³/mol. The molecule has 2 aliphatic carbocycles. The number of halogens is 2. The number of ether oxygens (including phenoxy) is 2. The number of hydrogen-bond donors (Lipinski definition) is 4. The maximum Gasteiger partial charge on any atom is 0.275 e. The van der Waals surface area contributed by atoms with E-state index in [2.05, 4.69) is 66.4 Å². The Morgan fingerprint density at radius 1 is 0.731 bits per heavy atom. The molecule has 0 unspecified atom stereocenters. The molecule has 0 aromatic carbocycles. The molecule has 2 aliphatic rings. The van der Waals surface area contributed by atoms with Crippen LogP contribution in [0.15, 0.2) is 70.9 Å². The second-order valence-electron chi connectivity index (χ2n) is 15.7. The second-order valence-corrected chi connectivity index (χ2v) is 17.4. The van der Waals surface area contributed by atoms with Crippen molar-refractivity contribution >= 4 is 45.9 Å². The molecule has 0 bridgehead atoms. The van der Waals surface area contributed by atoms with E-state index in [-0.39, 0.29) is 52.8 Å². The van der Waals surface area contributed by atoms with Crippen LogP contribution < -0.4 is 10.6 Å². The van der Waals surface area contributed by atoms with Gasteiger partial charge in [0.2, 0.25) is 12.3 Å². The maximum absolute atomic E-state index is 14.6. The van der Waals surface area contributed by atoms with Crippen molar-refractivity contribution in [3.8, 4) is 44.1 Å². The number of nitrogens with one attached hydrogen (secondary N) is 4. The van der Waals surface area contributed by atoms with Crippen LogP contribution in [0, 0.1) is 11.8 Å². The number of aromatic nitrogens is 13. The van der Waals surface area contributed by atoms with Crippen molar-refractivity contribution in [3.05, 3.63) is 89.6 Å². The van der Waals surface area contributed by atoms with E-state index in [1.54, 1.807) is 46.4 Å². The Kier molecular flexibility index (Phi) is 14.0. The van der Waals surface area contributed by atoms with Crippen molar-refractivity contribution in [1.29, 1.82) is 0 Å². The largest absolute Gasteiger partial charge is 0.422 e. The molecule has 0 saturated heterocycles. The number of carbonyl (C=O) groups excluding carboxylic acids is 2. The zero-order chi connectivity index (χ0) is 46.3. The van der Waals surface area contributed by atoms with Crippen molar-refractivity contribution in [3.63, 3.8) is 0 Å². The minimum absolute atomic E-state index is 0.0414. The molecule has 0 spiro atoms. The number of pyridine rings is 1. The van der Waals surface area contributed by atoms with Gasteiger partial charge in [-0.15, -0.1) is 32.9 Å². The number of hydrogen-bond acceptors (Lipinski definition) is 16. The Bertz CT molecular complexity index is 2860. The van der Waals surface area contributed by atoms with E-state index >= 15 is 0 Å². The third-order valence-electron chi connectivity index (χ3n) is 11.4. The molecule has 24 heteroatoms. The molecule has 8 heterocycles. The maximum atomic E-state index is 14.6. The quantitative estimate of drug-likeness (QED) is 0.0748. The fourth-order valence-electron chi connectivity index (χ4n) is 8.09. The average molecular weight is 954 g/mol. The summed E-state index contributed by atoms with van der Waals surface area (Å²) in [7, 11) is 0. The lowest BCUT2D eigenvalue weighted by atomic mass is 9.93. The number of H-pyrrole nitrogens is 2.